The Morgan fingerprint density at radius 3 is 1.78 bits per heavy atom. The van der Waals surface area contributed by atoms with Crippen LogP contribution in [0.5, 0.6) is 0 Å². The van der Waals surface area contributed by atoms with E-state index in [-0.39, 0.29) is 25.0 Å². The van der Waals surface area contributed by atoms with E-state index in [0.717, 1.165) is 0 Å². The Morgan fingerprint density at radius 1 is 1.00 bits per heavy atom. The van der Waals surface area contributed by atoms with Crippen LogP contribution in [0, 0.1) is 0 Å². The van der Waals surface area contributed by atoms with Crippen LogP contribution in [0.25, 0.3) is 0 Å². The quantitative estimate of drug-likeness (QED) is 0.430. The molecule has 0 fully saturated rings. The molecule has 0 unspecified atom stereocenters. The number of carbonyl (C=O) groups excluding carboxylic acids is 3. The molecule has 0 heterocycles. The van der Waals surface area contributed by atoms with Crippen LogP contribution in [0.3, 0.4) is 0 Å². The second-order valence-electron chi connectivity index (χ2n) is 7.74. The molecule has 0 aromatic heterocycles. The number of hydrogen-bond donors (Lipinski definition) is 2. The highest BCUT2D eigenvalue weighted by molar-refractivity contribution is 6.01. The van der Waals surface area contributed by atoms with Gasteiger partial charge in [-0.1, -0.05) is 6.08 Å². The third-order valence-electron chi connectivity index (χ3n) is 2.67. The molecule has 0 saturated carbocycles. The van der Waals surface area contributed by atoms with Crippen molar-refractivity contribution in [1.29, 1.82) is 0 Å². The first-order valence-corrected chi connectivity index (χ1v) is 8.64. The lowest BCUT2D eigenvalue weighted by Crippen LogP contribution is -2.47. The van der Waals surface area contributed by atoms with Crippen molar-refractivity contribution < 1.29 is 23.9 Å². The molecule has 0 saturated heterocycles. The predicted octanol–water partition coefficient (Wildman–Crippen LogP) is 2.43. The maximum absolute atomic E-state index is 12.0. The summed E-state index contributed by atoms with van der Waals surface area (Å²) in [6.07, 6.45) is 0.0582. The molecule has 0 radical (unpaired) electrons. The molecule has 0 atom stereocenters. The summed E-state index contributed by atoms with van der Waals surface area (Å²) in [6.45, 7) is 16.1. The fraction of sp³-hybridized carbons (Fsp3) is 0.667. The maximum Gasteiger partial charge on any atom is 0.414 e. The van der Waals surface area contributed by atoms with Crippen molar-refractivity contribution in [2.24, 2.45) is 4.99 Å². The maximum atomic E-state index is 12.0. The molecule has 0 aromatic carbocycles. The van der Waals surface area contributed by atoms with Crippen LogP contribution in [-0.4, -0.2) is 59.8 Å². The summed E-state index contributed by atoms with van der Waals surface area (Å²) < 4.78 is 10.3. The first-order chi connectivity index (χ1) is 12.2. The number of hydrogen-bond acceptors (Lipinski definition) is 6. The highest BCUT2D eigenvalue weighted by Crippen LogP contribution is 2.07. The highest BCUT2D eigenvalue weighted by Gasteiger charge is 2.21. The first kappa shape index (κ1) is 24.4. The third kappa shape index (κ3) is 13.3. The van der Waals surface area contributed by atoms with Crippen LogP contribution in [0.2, 0.25) is 0 Å². The number of amides is 3. The summed E-state index contributed by atoms with van der Waals surface area (Å²) in [5, 5.41) is 4.76. The van der Waals surface area contributed by atoms with Gasteiger partial charge in [-0.3, -0.25) is 20.4 Å². The Labute approximate surface area is 161 Å². The SMILES string of the molecule is C=CCN(CCN=C(NC(=O)OC(C)(C)C)NC(=O)OC(C)(C)C)C(C)=O. The van der Waals surface area contributed by atoms with Gasteiger partial charge < -0.3 is 14.4 Å². The molecule has 0 aliphatic rings. The van der Waals surface area contributed by atoms with E-state index in [2.05, 4.69) is 22.2 Å². The van der Waals surface area contributed by atoms with Gasteiger partial charge in [0.15, 0.2) is 0 Å². The molecular weight excluding hydrogens is 352 g/mol. The number of guanidine groups is 1. The van der Waals surface area contributed by atoms with Gasteiger partial charge in [0.25, 0.3) is 0 Å². The molecule has 0 aliphatic heterocycles. The van der Waals surface area contributed by atoms with Crippen LogP contribution in [0.15, 0.2) is 17.6 Å². The number of ether oxygens (including phenoxy) is 2. The molecule has 2 N–H and O–H groups in total. The summed E-state index contributed by atoms with van der Waals surface area (Å²) >= 11 is 0. The van der Waals surface area contributed by atoms with Gasteiger partial charge in [0.05, 0.1) is 6.54 Å². The fourth-order valence-electron chi connectivity index (χ4n) is 1.73. The molecule has 9 heteroatoms. The number of nitrogens with one attached hydrogen (secondary N) is 2. The van der Waals surface area contributed by atoms with E-state index < -0.39 is 23.4 Å². The van der Waals surface area contributed by atoms with Gasteiger partial charge in [0, 0.05) is 20.0 Å². The van der Waals surface area contributed by atoms with E-state index in [1.165, 1.54) is 11.8 Å². The van der Waals surface area contributed by atoms with Gasteiger partial charge in [-0.2, -0.15) is 0 Å². The van der Waals surface area contributed by atoms with E-state index >= 15 is 0 Å². The lowest BCUT2D eigenvalue weighted by molar-refractivity contribution is -0.128. The van der Waals surface area contributed by atoms with E-state index in [1.807, 2.05) is 0 Å². The Balaban J connectivity index is 5.09. The van der Waals surface area contributed by atoms with Crippen molar-refractivity contribution in [2.75, 3.05) is 19.6 Å². The molecule has 0 aliphatic carbocycles. The standard InChI is InChI=1S/C18H32N4O5/c1-9-11-22(13(2)23)12-10-19-14(20-15(24)26-17(3,4)5)21-16(25)27-18(6,7)8/h9H,1,10-12H2,2-8H3,(H2,19,20,21,24,25). The summed E-state index contributed by atoms with van der Waals surface area (Å²) in [5.74, 6) is -0.257. The number of alkyl carbamates (subject to hydrolysis) is 2. The lowest BCUT2D eigenvalue weighted by atomic mass is 10.2. The summed E-state index contributed by atoms with van der Waals surface area (Å²) in [5.41, 5.74) is -1.42. The van der Waals surface area contributed by atoms with Gasteiger partial charge >= 0.3 is 12.2 Å². The average molecular weight is 384 g/mol. The van der Waals surface area contributed by atoms with Crippen molar-refractivity contribution >= 4 is 24.1 Å². The van der Waals surface area contributed by atoms with Gasteiger partial charge in [0.2, 0.25) is 11.9 Å². The zero-order valence-corrected chi connectivity index (χ0v) is 17.3. The summed E-state index contributed by atoms with van der Waals surface area (Å²) in [6, 6.07) is 0. The average Bonchev–Trinajstić information content (AvgIpc) is 2.41. The predicted molar refractivity (Wildman–Crippen MR) is 103 cm³/mol. The molecule has 27 heavy (non-hydrogen) atoms. The minimum absolute atomic E-state index is 0.124. The van der Waals surface area contributed by atoms with Gasteiger partial charge in [-0.25, -0.2) is 9.59 Å². The van der Waals surface area contributed by atoms with E-state index in [4.69, 9.17) is 9.47 Å². The largest absolute Gasteiger partial charge is 0.444 e. The van der Waals surface area contributed by atoms with Gasteiger partial charge in [-0.15, -0.1) is 6.58 Å². The molecule has 0 spiro atoms. The van der Waals surface area contributed by atoms with Crippen LogP contribution in [-0.2, 0) is 14.3 Å². The summed E-state index contributed by atoms with van der Waals surface area (Å²) in [4.78, 5) is 41.1. The van der Waals surface area contributed by atoms with E-state index in [0.29, 0.717) is 6.54 Å². The number of nitrogens with zero attached hydrogens (tertiary/aromatic N) is 2. The third-order valence-corrected chi connectivity index (χ3v) is 2.67. The lowest BCUT2D eigenvalue weighted by Gasteiger charge is -2.22. The summed E-state index contributed by atoms with van der Waals surface area (Å²) in [7, 11) is 0. The Kier molecular flexibility index (Phi) is 9.53. The number of aliphatic imine (C=N–C) groups is 1. The molecule has 154 valence electrons. The second kappa shape index (κ2) is 10.5. The van der Waals surface area contributed by atoms with Crippen molar-refractivity contribution in [3.8, 4) is 0 Å². The normalized spacial score (nSPS) is 11.1. The van der Waals surface area contributed by atoms with Crippen LogP contribution in [0.4, 0.5) is 9.59 Å². The minimum Gasteiger partial charge on any atom is -0.444 e. The zero-order chi connectivity index (χ0) is 21.3. The van der Waals surface area contributed by atoms with Crippen molar-refractivity contribution in [2.45, 2.75) is 59.7 Å². The smallest absolute Gasteiger partial charge is 0.414 e. The molecule has 0 rings (SSSR count). The molecule has 0 aromatic rings. The highest BCUT2D eigenvalue weighted by atomic mass is 16.6. The minimum atomic E-state index is -0.771. The van der Waals surface area contributed by atoms with Gasteiger partial charge in [-0.05, 0) is 41.5 Å². The van der Waals surface area contributed by atoms with E-state index in [9.17, 15) is 14.4 Å². The van der Waals surface area contributed by atoms with Crippen molar-refractivity contribution in [3.63, 3.8) is 0 Å². The van der Waals surface area contributed by atoms with Crippen LogP contribution >= 0.6 is 0 Å². The molecule has 3 amide bonds. The number of carbonyl (C=O) groups is 3. The van der Waals surface area contributed by atoms with E-state index in [1.54, 1.807) is 47.6 Å². The Hall–Kier alpha value is -2.58. The Bertz CT molecular complexity index is 541. The fourth-order valence-corrected chi connectivity index (χ4v) is 1.73. The topological polar surface area (TPSA) is 109 Å². The van der Waals surface area contributed by atoms with Crippen molar-refractivity contribution in [3.05, 3.63) is 12.7 Å². The first-order valence-electron chi connectivity index (χ1n) is 8.64. The Morgan fingerprint density at radius 2 is 1.44 bits per heavy atom. The zero-order valence-electron chi connectivity index (χ0n) is 17.3. The second-order valence-corrected chi connectivity index (χ2v) is 7.74. The van der Waals surface area contributed by atoms with Crippen LogP contribution < -0.4 is 10.6 Å². The molecular formula is C18H32N4O5. The molecule has 9 nitrogen and oxygen atoms in total. The van der Waals surface area contributed by atoms with Gasteiger partial charge in [0.1, 0.15) is 11.2 Å². The van der Waals surface area contributed by atoms with Crippen molar-refractivity contribution in [1.82, 2.24) is 15.5 Å². The molecule has 0 bridgehead atoms. The monoisotopic (exact) mass is 384 g/mol. The number of rotatable bonds is 5. The van der Waals surface area contributed by atoms with Crippen LogP contribution in [0.1, 0.15) is 48.5 Å².